The summed E-state index contributed by atoms with van der Waals surface area (Å²) in [4.78, 5) is 10.9. The zero-order valence-corrected chi connectivity index (χ0v) is 11.9. The molecular formula is C16H16ClNO2. The first kappa shape index (κ1) is 14.6. The van der Waals surface area contributed by atoms with Crippen LogP contribution >= 0.6 is 11.6 Å². The van der Waals surface area contributed by atoms with Crippen LogP contribution in [0.5, 0.6) is 0 Å². The van der Waals surface area contributed by atoms with E-state index in [1.54, 1.807) is 18.2 Å². The Bertz CT molecular complexity index is 613. The first-order chi connectivity index (χ1) is 9.58. The van der Waals surface area contributed by atoms with E-state index in [1.165, 1.54) is 0 Å². The molecule has 2 rings (SSSR count). The number of halogens is 1. The second-order valence-corrected chi connectivity index (χ2v) is 5.04. The second-order valence-electron chi connectivity index (χ2n) is 4.63. The summed E-state index contributed by atoms with van der Waals surface area (Å²) >= 11 is 6.15. The highest BCUT2D eigenvalue weighted by atomic mass is 35.5. The molecule has 0 fully saturated rings. The SMILES string of the molecule is C[C@H](NCc1cccc(C(=O)O)c1)c1ccccc1Cl. The van der Waals surface area contributed by atoms with Crippen LogP contribution < -0.4 is 5.32 Å². The van der Waals surface area contributed by atoms with Crippen LogP contribution in [0.1, 0.15) is 34.5 Å². The molecule has 104 valence electrons. The molecule has 2 aromatic carbocycles. The largest absolute Gasteiger partial charge is 0.478 e. The molecule has 0 aliphatic carbocycles. The van der Waals surface area contributed by atoms with Crippen LogP contribution in [-0.2, 0) is 6.54 Å². The summed E-state index contributed by atoms with van der Waals surface area (Å²) in [6.07, 6.45) is 0. The molecule has 2 aromatic rings. The Hall–Kier alpha value is -1.84. The minimum atomic E-state index is -0.911. The maximum atomic E-state index is 10.9. The zero-order chi connectivity index (χ0) is 14.5. The summed E-state index contributed by atoms with van der Waals surface area (Å²) in [5.74, 6) is -0.911. The fourth-order valence-electron chi connectivity index (χ4n) is 2.02. The predicted octanol–water partition coefficient (Wildman–Crippen LogP) is 3.89. The van der Waals surface area contributed by atoms with Crippen molar-refractivity contribution in [2.45, 2.75) is 19.5 Å². The second kappa shape index (κ2) is 6.55. The monoisotopic (exact) mass is 289 g/mol. The molecule has 0 heterocycles. The van der Waals surface area contributed by atoms with Gasteiger partial charge in [-0.15, -0.1) is 0 Å². The van der Waals surface area contributed by atoms with Crippen molar-refractivity contribution in [3.8, 4) is 0 Å². The zero-order valence-electron chi connectivity index (χ0n) is 11.1. The molecule has 0 aliphatic rings. The Morgan fingerprint density at radius 3 is 2.70 bits per heavy atom. The quantitative estimate of drug-likeness (QED) is 0.878. The molecule has 0 bridgehead atoms. The van der Waals surface area contributed by atoms with Gasteiger partial charge in [0.05, 0.1) is 5.56 Å². The summed E-state index contributed by atoms with van der Waals surface area (Å²) in [5.41, 5.74) is 2.27. The number of nitrogens with one attached hydrogen (secondary N) is 1. The van der Waals surface area contributed by atoms with Crippen molar-refractivity contribution in [2.75, 3.05) is 0 Å². The van der Waals surface area contributed by atoms with Gasteiger partial charge in [-0.2, -0.15) is 0 Å². The van der Waals surface area contributed by atoms with Gasteiger partial charge in [-0.1, -0.05) is 41.9 Å². The number of carboxylic acid groups (broad SMARTS) is 1. The van der Waals surface area contributed by atoms with E-state index >= 15 is 0 Å². The van der Waals surface area contributed by atoms with Crippen LogP contribution in [-0.4, -0.2) is 11.1 Å². The van der Waals surface area contributed by atoms with E-state index in [2.05, 4.69) is 5.32 Å². The highest BCUT2D eigenvalue weighted by Crippen LogP contribution is 2.22. The van der Waals surface area contributed by atoms with Crippen LogP contribution in [0.3, 0.4) is 0 Å². The van der Waals surface area contributed by atoms with Gasteiger partial charge in [0.25, 0.3) is 0 Å². The number of hydrogen-bond acceptors (Lipinski definition) is 2. The van der Waals surface area contributed by atoms with Gasteiger partial charge in [0.2, 0.25) is 0 Å². The maximum Gasteiger partial charge on any atom is 0.335 e. The molecule has 3 nitrogen and oxygen atoms in total. The van der Waals surface area contributed by atoms with Gasteiger partial charge >= 0.3 is 5.97 Å². The Morgan fingerprint density at radius 1 is 1.25 bits per heavy atom. The standard InChI is InChI=1S/C16H16ClNO2/c1-11(14-7-2-3-8-15(14)17)18-10-12-5-4-6-13(9-12)16(19)20/h2-9,11,18H,10H2,1H3,(H,19,20)/t11-/m0/s1. The Labute approximate surface area is 123 Å². The number of aromatic carboxylic acids is 1. The molecule has 20 heavy (non-hydrogen) atoms. The predicted molar refractivity (Wildman–Crippen MR) is 80.1 cm³/mol. The summed E-state index contributed by atoms with van der Waals surface area (Å²) < 4.78 is 0. The summed E-state index contributed by atoms with van der Waals surface area (Å²) in [7, 11) is 0. The Kier molecular flexibility index (Phi) is 4.77. The molecule has 0 amide bonds. The lowest BCUT2D eigenvalue weighted by atomic mass is 10.1. The molecule has 0 aromatic heterocycles. The van der Waals surface area contributed by atoms with Crippen LogP contribution in [0.4, 0.5) is 0 Å². The number of benzene rings is 2. The number of carbonyl (C=O) groups is 1. The molecule has 0 spiro atoms. The van der Waals surface area contributed by atoms with Crippen molar-refractivity contribution in [1.29, 1.82) is 0 Å². The molecule has 1 atom stereocenters. The van der Waals surface area contributed by atoms with Crippen LogP contribution in [0.2, 0.25) is 5.02 Å². The van der Waals surface area contributed by atoms with Gasteiger partial charge in [-0.05, 0) is 36.2 Å². The summed E-state index contributed by atoms with van der Waals surface area (Å²) in [6, 6.07) is 14.7. The van der Waals surface area contributed by atoms with E-state index < -0.39 is 5.97 Å². The first-order valence-electron chi connectivity index (χ1n) is 6.38. The normalized spacial score (nSPS) is 12.1. The van der Waals surface area contributed by atoms with Crippen LogP contribution in [0, 0.1) is 0 Å². The molecule has 4 heteroatoms. The summed E-state index contributed by atoms with van der Waals surface area (Å²) in [5, 5.41) is 13.0. The van der Waals surface area contributed by atoms with Gasteiger partial charge in [0, 0.05) is 17.6 Å². The lowest BCUT2D eigenvalue weighted by Gasteiger charge is -2.15. The van der Waals surface area contributed by atoms with Crippen LogP contribution in [0.25, 0.3) is 0 Å². The average Bonchev–Trinajstić information content (AvgIpc) is 2.45. The van der Waals surface area contributed by atoms with Gasteiger partial charge in [-0.3, -0.25) is 0 Å². The van der Waals surface area contributed by atoms with E-state index in [0.29, 0.717) is 12.1 Å². The highest BCUT2D eigenvalue weighted by molar-refractivity contribution is 6.31. The molecule has 0 saturated heterocycles. The highest BCUT2D eigenvalue weighted by Gasteiger charge is 2.09. The van der Waals surface area contributed by atoms with E-state index in [4.69, 9.17) is 16.7 Å². The van der Waals surface area contributed by atoms with Crippen LogP contribution in [0.15, 0.2) is 48.5 Å². The first-order valence-corrected chi connectivity index (χ1v) is 6.76. The third-order valence-corrected chi connectivity index (χ3v) is 3.50. The van der Waals surface area contributed by atoms with Crippen molar-refractivity contribution in [1.82, 2.24) is 5.32 Å². The molecule has 0 saturated carbocycles. The fraction of sp³-hybridized carbons (Fsp3) is 0.188. The van der Waals surface area contributed by atoms with Crippen molar-refractivity contribution in [3.05, 3.63) is 70.2 Å². The van der Waals surface area contributed by atoms with Gasteiger partial charge < -0.3 is 10.4 Å². The Morgan fingerprint density at radius 2 is 2.00 bits per heavy atom. The smallest absolute Gasteiger partial charge is 0.335 e. The van der Waals surface area contributed by atoms with E-state index in [1.807, 2.05) is 37.3 Å². The van der Waals surface area contributed by atoms with Crippen molar-refractivity contribution in [2.24, 2.45) is 0 Å². The molecular weight excluding hydrogens is 274 g/mol. The number of carboxylic acids is 1. The van der Waals surface area contributed by atoms with E-state index in [-0.39, 0.29) is 6.04 Å². The average molecular weight is 290 g/mol. The van der Waals surface area contributed by atoms with Gasteiger partial charge in [-0.25, -0.2) is 4.79 Å². The lowest BCUT2D eigenvalue weighted by molar-refractivity contribution is 0.0696. The molecule has 0 unspecified atom stereocenters. The van der Waals surface area contributed by atoms with Gasteiger partial charge in [0.15, 0.2) is 0 Å². The Balaban J connectivity index is 2.04. The van der Waals surface area contributed by atoms with Gasteiger partial charge in [0.1, 0.15) is 0 Å². The minimum Gasteiger partial charge on any atom is -0.478 e. The van der Waals surface area contributed by atoms with Crippen molar-refractivity contribution >= 4 is 17.6 Å². The topological polar surface area (TPSA) is 49.3 Å². The van der Waals surface area contributed by atoms with Crippen molar-refractivity contribution < 1.29 is 9.90 Å². The summed E-state index contributed by atoms with van der Waals surface area (Å²) in [6.45, 7) is 2.62. The fourth-order valence-corrected chi connectivity index (χ4v) is 2.32. The third-order valence-electron chi connectivity index (χ3n) is 3.16. The lowest BCUT2D eigenvalue weighted by Crippen LogP contribution is -2.18. The molecule has 2 N–H and O–H groups in total. The maximum absolute atomic E-state index is 10.9. The van der Waals surface area contributed by atoms with E-state index in [0.717, 1.165) is 16.1 Å². The van der Waals surface area contributed by atoms with Crippen molar-refractivity contribution in [3.63, 3.8) is 0 Å². The molecule has 0 aliphatic heterocycles. The minimum absolute atomic E-state index is 0.0946. The number of hydrogen-bond donors (Lipinski definition) is 2. The molecule has 0 radical (unpaired) electrons. The number of rotatable bonds is 5. The van der Waals surface area contributed by atoms with E-state index in [9.17, 15) is 4.79 Å². The third kappa shape index (κ3) is 3.59.